The van der Waals surface area contributed by atoms with Crippen molar-refractivity contribution in [1.29, 1.82) is 0 Å². The van der Waals surface area contributed by atoms with Gasteiger partial charge >= 0.3 is 0 Å². The standard InChI is InChI=1S/C21H42N2O6/c1-3-5-6-7-9-20(24)23-11-8-12-26-14-16-28-18-19-29-17-15-27-13-10-21(25)22-4-2/h3-19H2,1-2H3,(H,22,25)(H,23,24). The molecule has 29 heavy (non-hydrogen) atoms. The highest BCUT2D eigenvalue weighted by Crippen LogP contribution is 2.01. The van der Waals surface area contributed by atoms with Crippen LogP contribution in [0.5, 0.6) is 0 Å². The first-order chi connectivity index (χ1) is 14.2. The van der Waals surface area contributed by atoms with Crippen molar-refractivity contribution in [2.24, 2.45) is 0 Å². The summed E-state index contributed by atoms with van der Waals surface area (Å²) < 4.78 is 21.6. The number of nitrogens with one attached hydrogen (secondary N) is 2. The van der Waals surface area contributed by atoms with Gasteiger partial charge in [-0.1, -0.05) is 26.2 Å². The van der Waals surface area contributed by atoms with Crippen molar-refractivity contribution in [2.45, 2.75) is 58.8 Å². The molecule has 8 nitrogen and oxygen atoms in total. The molecule has 0 spiro atoms. The average Bonchev–Trinajstić information content (AvgIpc) is 2.71. The van der Waals surface area contributed by atoms with Crippen molar-refractivity contribution < 1.29 is 28.5 Å². The Kier molecular flexibility index (Phi) is 22.1. The second kappa shape index (κ2) is 23.1. The first kappa shape index (κ1) is 27.8. The first-order valence-corrected chi connectivity index (χ1v) is 11.0. The van der Waals surface area contributed by atoms with E-state index in [1.807, 2.05) is 6.92 Å². The van der Waals surface area contributed by atoms with Crippen LogP contribution in [0.3, 0.4) is 0 Å². The van der Waals surface area contributed by atoms with Crippen LogP contribution >= 0.6 is 0 Å². The molecule has 0 aliphatic heterocycles. The Hall–Kier alpha value is -1.22. The van der Waals surface area contributed by atoms with Crippen LogP contribution in [0.1, 0.15) is 58.8 Å². The quantitative estimate of drug-likeness (QED) is 0.261. The second-order valence-corrected chi connectivity index (χ2v) is 6.67. The van der Waals surface area contributed by atoms with Crippen molar-refractivity contribution in [2.75, 3.05) is 65.9 Å². The average molecular weight is 419 g/mol. The van der Waals surface area contributed by atoms with Gasteiger partial charge in [-0.05, 0) is 19.8 Å². The van der Waals surface area contributed by atoms with Crippen LogP contribution in [0.2, 0.25) is 0 Å². The van der Waals surface area contributed by atoms with E-state index in [4.69, 9.17) is 18.9 Å². The molecule has 0 rings (SSSR count). The van der Waals surface area contributed by atoms with Crippen LogP contribution in [-0.4, -0.2) is 77.8 Å². The lowest BCUT2D eigenvalue weighted by Gasteiger charge is -2.08. The van der Waals surface area contributed by atoms with Crippen LogP contribution in [0, 0.1) is 0 Å². The summed E-state index contributed by atoms with van der Waals surface area (Å²) in [7, 11) is 0. The van der Waals surface area contributed by atoms with Gasteiger partial charge in [0.15, 0.2) is 0 Å². The van der Waals surface area contributed by atoms with Gasteiger partial charge in [-0.3, -0.25) is 9.59 Å². The molecule has 0 aliphatic rings. The molecule has 0 aromatic carbocycles. The molecule has 0 fully saturated rings. The maximum atomic E-state index is 11.6. The lowest BCUT2D eigenvalue weighted by molar-refractivity contribution is -0.122. The summed E-state index contributed by atoms with van der Waals surface area (Å²) in [4.78, 5) is 22.8. The topological polar surface area (TPSA) is 95.1 Å². The molecule has 172 valence electrons. The SMILES string of the molecule is CCCCCCC(=O)NCCCOCCOCCOCCOCCC(=O)NCC. The molecule has 0 aliphatic carbocycles. The van der Waals surface area contributed by atoms with Crippen molar-refractivity contribution >= 4 is 11.8 Å². The molecule has 0 saturated carbocycles. The zero-order chi connectivity index (χ0) is 21.4. The molecule has 0 bridgehead atoms. The summed E-state index contributed by atoms with van der Waals surface area (Å²) in [6.07, 6.45) is 6.30. The van der Waals surface area contributed by atoms with E-state index in [1.165, 1.54) is 12.8 Å². The fourth-order valence-corrected chi connectivity index (χ4v) is 2.41. The zero-order valence-corrected chi connectivity index (χ0v) is 18.5. The Labute approximate surface area is 176 Å². The molecule has 0 atom stereocenters. The molecule has 0 radical (unpaired) electrons. The Morgan fingerprint density at radius 3 is 1.72 bits per heavy atom. The van der Waals surface area contributed by atoms with Crippen LogP contribution < -0.4 is 10.6 Å². The van der Waals surface area contributed by atoms with Gasteiger partial charge in [0.05, 0.1) is 46.2 Å². The third-order valence-corrected chi connectivity index (χ3v) is 4.01. The monoisotopic (exact) mass is 418 g/mol. The predicted molar refractivity (Wildman–Crippen MR) is 113 cm³/mol. The molecule has 2 N–H and O–H groups in total. The number of rotatable bonds is 22. The highest BCUT2D eigenvalue weighted by Gasteiger charge is 2.00. The Morgan fingerprint density at radius 2 is 1.14 bits per heavy atom. The number of hydrogen-bond acceptors (Lipinski definition) is 6. The molecule has 0 aromatic rings. The van der Waals surface area contributed by atoms with Crippen molar-refractivity contribution in [3.05, 3.63) is 0 Å². The fourth-order valence-electron chi connectivity index (χ4n) is 2.41. The van der Waals surface area contributed by atoms with E-state index in [0.29, 0.717) is 78.8 Å². The minimum atomic E-state index is 0.00611. The van der Waals surface area contributed by atoms with Gasteiger partial charge in [0, 0.05) is 32.5 Å². The van der Waals surface area contributed by atoms with Gasteiger partial charge in [-0.25, -0.2) is 0 Å². The number of unbranched alkanes of at least 4 members (excludes halogenated alkanes) is 3. The number of hydrogen-bond donors (Lipinski definition) is 2. The van der Waals surface area contributed by atoms with E-state index in [-0.39, 0.29) is 11.8 Å². The summed E-state index contributed by atoms with van der Waals surface area (Å²) in [5.41, 5.74) is 0. The number of carbonyl (C=O) groups excluding carboxylic acids is 2. The fraction of sp³-hybridized carbons (Fsp3) is 0.905. The van der Waals surface area contributed by atoms with E-state index < -0.39 is 0 Å². The Morgan fingerprint density at radius 1 is 0.586 bits per heavy atom. The predicted octanol–water partition coefficient (Wildman–Crippen LogP) is 2.06. The largest absolute Gasteiger partial charge is 0.379 e. The van der Waals surface area contributed by atoms with E-state index >= 15 is 0 Å². The molecule has 0 heterocycles. The van der Waals surface area contributed by atoms with E-state index in [0.717, 1.165) is 19.3 Å². The molecular formula is C21H42N2O6. The number of carbonyl (C=O) groups is 2. The molecule has 2 amide bonds. The van der Waals surface area contributed by atoms with E-state index in [1.54, 1.807) is 0 Å². The Balaban J connectivity index is 3.13. The Bertz CT molecular complexity index is 382. The minimum absolute atomic E-state index is 0.00611. The summed E-state index contributed by atoms with van der Waals surface area (Å²) >= 11 is 0. The van der Waals surface area contributed by atoms with Crippen molar-refractivity contribution in [3.8, 4) is 0 Å². The molecule has 0 unspecified atom stereocenters. The first-order valence-electron chi connectivity index (χ1n) is 11.0. The lowest BCUT2D eigenvalue weighted by atomic mass is 10.1. The van der Waals surface area contributed by atoms with E-state index in [2.05, 4.69) is 17.6 Å². The zero-order valence-electron chi connectivity index (χ0n) is 18.5. The van der Waals surface area contributed by atoms with Crippen molar-refractivity contribution in [1.82, 2.24) is 10.6 Å². The van der Waals surface area contributed by atoms with Gasteiger partial charge in [-0.15, -0.1) is 0 Å². The summed E-state index contributed by atoms with van der Waals surface area (Å²) in [5, 5.41) is 5.63. The van der Waals surface area contributed by atoms with Crippen LogP contribution in [0.25, 0.3) is 0 Å². The smallest absolute Gasteiger partial charge is 0.222 e. The van der Waals surface area contributed by atoms with Gasteiger partial charge in [-0.2, -0.15) is 0 Å². The second-order valence-electron chi connectivity index (χ2n) is 6.67. The van der Waals surface area contributed by atoms with Gasteiger partial charge < -0.3 is 29.6 Å². The number of ether oxygens (including phenoxy) is 4. The van der Waals surface area contributed by atoms with Crippen molar-refractivity contribution in [3.63, 3.8) is 0 Å². The number of amides is 2. The lowest BCUT2D eigenvalue weighted by Crippen LogP contribution is -2.25. The van der Waals surface area contributed by atoms with Crippen LogP contribution in [0.4, 0.5) is 0 Å². The van der Waals surface area contributed by atoms with Gasteiger partial charge in [0.2, 0.25) is 11.8 Å². The summed E-state index contributed by atoms with van der Waals surface area (Å²) in [5.74, 6) is 0.142. The van der Waals surface area contributed by atoms with Gasteiger partial charge in [0.25, 0.3) is 0 Å². The highest BCUT2D eigenvalue weighted by atomic mass is 16.6. The van der Waals surface area contributed by atoms with Gasteiger partial charge in [0.1, 0.15) is 0 Å². The van der Waals surface area contributed by atoms with Crippen LogP contribution in [-0.2, 0) is 28.5 Å². The third kappa shape index (κ3) is 22.9. The maximum Gasteiger partial charge on any atom is 0.222 e. The molecule has 0 saturated heterocycles. The highest BCUT2D eigenvalue weighted by molar-refractivity contribution is 5.76. The normalized spacial score (nSPS) is 10.8. The summed E-state index contributed by atoms with van der Waals surface area (Å²) in [6, 6.07) is 0. The molecule has 8 heteroatoms. The van der Waals surface area contributed by atoms with E-state index in [9.17, 15) is 9.59 Å². The minimum Gasteiger partial charge on any atom is -0.379 e. The molecule has 0 aromatic heterocycles. The van der Waals surface area contributed by atoms with Crippen LogP contribution in [0.15, 0.2) is 0 Å². The third-order valence-electron chi connectivity index (χ3n) is 4.01. The maximum absolute atomic E-state index is 11.6. The summed E-state index contributed by atoms with van der Waals surface area (Å²) in [6.45, 7) is 9.41. The molecular weight excluding hydrogens is 376 g/mol.